The maximum atomic E-state index is 6.36. The van der Waals surface area contributed by atoms with Gasteiger partial charge in [0.2, 0.25) is 0 Å². The first-order chi connectivity index (χ1) is 9.20. The molecule has 0 spiro atoms. The van der Waals surface area contributed by atoms with E-state index >= 15 is 0 Å². The van der Waals surface area contributed by atoms with Gasteiger partial charge < -0.3 is 10.1 Å². The van der Waals surface area contributed by atoms with Gasteiger partial charge in [-0.2, -0.15) is 0 Å². The fourth-order valence-corrected chi connectivity index (χ4v) is 4.17. The van der Waals surface area contributed by atoms with Gasteiger partial charge >= 0.3 is 0 Å². The van der Waals surface area contributed by atoms with E-state index in [4.69, 9.17) is 4.74 Å². The van der Waals surface area contributed by atoms with Gasteiger partial charge in [0.05, 0.1) is 5.60 Å². The summed E-state index contributed by atoms with van der Waals surface area (Å²) in [6.45, 7) is 8.73. The Morgan fingerprint density at radius 1 is 1.21 bits per heavy atom. The molecule has 2 heteroatoms. The molecule has 3 atom stereocenters. The lowest BCUT2D eigenvalue weighted by molar-refractivity contribution is -0.106. The van der Waals surface area contributed by atoms with Crippen molar-refractivity contribution < 1.29 is 4.74 Å². The molecular weight excluding hydrogens is 234 g/mol. The molecule has 0 bridgehead atoms. The van der Waals surface area contributed by atoms with Crippen molar-refractivity contribution in [1.82, 2.24) is 5.32 Å². The standard InChI is InChI=1S/C17H33NO/c1-4-18-16(12-15-9-6-10-15)17(19-5-2)11-7-8-14(3)13-17/h14-16,18H,4-13H2,1-3H3. The lowest BCUT2D eigenvalue weighted by atomic mass is 9.70. The summed E-state index contributed by atoms with van der Waals surface area (Å²) < 4.78 is 6.36. The topological polar surface area (TPSA) is 21.3 Å². The fourth-order valence-electron chi connectivity index (χ4n) is 4.17. The van der Waals surface area contributed by atoms with Crippen molar-refractivity contribution in [3.8, 4) is 0 Å². The minimum atomic E-state index is 0.123. The first-order valence-electron chi connectivity index (χ1n) is 8.57. The van der Waals surface area contributed by atoms with Crippen LogP contribution in [0.2, 0.25) is 0 Å². The summed E-state index contributed by atoms with van der Waals surface area (Å²) in [5, 5.41) is 3.77. The predicted molar refractivity (Wildman–Crippen MR) is 81.4 cm³/mol. The highest BCUT2D eigenvalue weighted by atomic mass is 16.5. The van der Waals surface area contributed by atoms with Crippen LogP contribution < -0.4 is 5.32 Å². The van der Waals surface area contributed by atoms with E-state index in [0.717, 1.165) is 25.0 Å². The fraction of sp³-hybridized carbons (Fsp3) is 1.00. The highest BCUT2D eigenvalue weighted by Crippen LogP contribution is 2.41. The van der Waals surface area contributed by atoms with Crippen molar-refractivity contribution >= 4 is 0 Å². The van der Waals surface area contributed by atoms with E-state index in [0.29, 0.717) is 6.04 Å². The third-order valence-corrected chi connectivity index (χ3v) is 5.30. The van der Waals surface area contributed by atoms with Gasteiger partial charge in [0.1, 0.15) is 0 Å². The Labute approximate surface area is 119 Å². The van der Waals surface area contributed by atoms with Gasteiger partial charge in [0, 0.05) is 12.6 Å². The maximum Gasteiger partial charge on any atom is 0.0837 e. The van der Waals surface area contributed by atoms with Crippen LogP contribution in [0.5, 0.6) is 0 Å². The molecule has 2 rings (SSSR count). The Kier molecular flexibility index (Phi) is 5.70. The molecule has 2 aliphatic rings. The lowest BCUT2D eigenvalue weighted by Gasteiger charge is -2.47. The molecule has 0 amide bonds. The third kappa shape index (κ3) is 3.72. The smallest absolute Gasteiger partial charge is 0.0837 e. The van der Waals surface area contributed by atoms with Gasteiger partial charge in [-0.3, -0.25) is 0 Å². The van der Waals surface area contributed by atoms with E-state index in [1.54, 1.807) is 0 Å². The van der Waals surface area contributed by atoms with Gasteiger partial charge in [-0.05, 0) is 44.6 Å². The number of ether oxygens (including phenoxy) is 1. The van der Waals surface area contributed by atoms with Crippen LogP contribution in [-0.2, 0) is 4.74 Å². The summed E-state index contributed by atoms with van der Waals surface area (Å²) in [6, 6.07) is 0.575. The van der Waals surface area contributed by atoms with E-state index in [9.17, 15) is 0 Å². The van der Waals surface area contributed by atoms with E-state index < -0.39 is 0 Å². The molecule has 0 radical (unpaired) electrons. The summed E-state index contributed by atoms with van der Waals surface area (Å²) in [7, 11) is 0. The molecule has 0 aromatic heterocycles. The average Bonchev–Trinajstić information content (AvgIpc) is 2.32. The molecule has 3 unspecified atom stereocenters. The minimum Gasteiger partial charge on any atom is -0.374 e. The van der Waals surface area contributed by atoms with Gasteiger partial charge in [-0.25, -0.2) is 0 Å². The Morgan fingerprint density at radius 2 is 2.00 bits per heavy atom. The summed E-state index contributed by atoms with van der Waals surface area (Å²) >= 11 is 0. The Bertz CT molecular complexity index is 260. The molecule has 2 saturated carbocycles. The number of rotatable bonds is 7. The van der Waals surface area contributed by atoms with E-state index in [-0.39, 0.29) is 5.60 Å². The second kappa shape index (κ2) is 7.08. The molecule has 0 aliphatic heterocycles. The Hall–Kier alpha value is -0.0800. The normalized spacial score (nSPS) is 33.9. The van der Waals surface area contributed by atoms with E-state index in [1.807, 2.05) is 0 Å². The van der Waals surface area contributed by atoms with Crippen LogP contribution in [0.1, 0.15) is 72.1 Å². The van der Waals surface area contributed by atoms with Crippen molar-refractivity contribution in [3.63, 3.8) is 0 Å². The number of hydrogen-bond donors (Lipinski definition) is 1. The summed E-state index contributed by atoms with van der Waals surface area (Å²) in [4.78, 5) is 0. The number of likely N-dealkylation sites (N-methyl/N-ethyl adjacent to an activating group) is 1. The van der Waals surface area contributed by atoms with E-state index in [2.05, 4.69) is 26.1 Å². The Balaban J connectivity index is 2.06. The van der Waals surface area contributed by atoms with Crippen molar-refractivity contribution in [2.75, 3.05) is 13.2 Å². The van der Waals surface area contributed by atoms with Crippen LogP contribution in [0.4, 0.5) is 0 Å². The zero-order valence-electron chi connectivity index (χ0n) is 13.2. The SMILES string of the molecule is CCNC(CC1CCC1)C1(OCC)CCCC(C)C1. The van der Waals surface area contributed by atoms with Crippen LogP contribution in [0.3, 0.4) is 0 Å². The molecule has 0 aromatic carbocycles. The highest BCUT2D eigenvalue weighted by Gasteiger charge is 2.43. The first kappa shape index (κ1) is 15.3. The van der Waals surface area contributed by atoms with Gasteiger partial charge in [-0.15, -0.1) is 0 Å². The quantitative estimate of drug-likeness (QED) is 0.748. The molecule has 2 fully saturated rings. The molecule has 1 N–H and O–H groups in total. The summed E-state index contributed by atoms with van der Waals surface area (Å²) in [5.41, 5.74) is 0.123. The van der Waals surface area contributed by atoms with Crippen LogP contribution in [0, 0.1) is 11.8 Å². The van der Waals surface area contributed by atoms with Gasteiger partial charge in [0.25, 0.3) is 0 Å². The molecule has 0 saturated heterocycles. The zero-order valence-corrected chi connectivity index (χ0v) is 13.2. The molecule has 2 aliphatic carbocycles. The molecule has 19 heavy (non-hydrogen) atoms. The largest absolute Gasteiger partial charge is 0.374 e. The van der Waals surface area contributed by atoms with Crippen LogP contribution in [-0.4, -0.2) is 24.8 Å². The average molecular weight is 267 g/mol. The monoisotopic (exact) mass is 267 g/mol. The van der Waals surface area contributed by atoms with Crippen molar-refractivity contribution in [3.05, 3.63) is 0 Å². The third-order valence-electron chi connectivity index (χ3n) is 5.30. The van der Waals surface area contributed by atoms with Gasteiger partial charge in [-0.1, -0.05) is 46.0 Å². The molecular formula is C17H33NO. The van der Waals surface area contributed by atoms with Crippen LogP contribution >= 0.6 is 0 Å². The number of hydrogen-bond acceptors (Lipinski definition) is 2. The maximum absolute atomic E-state index is 6.36. The number of nitrogens with one attached hydrogen (secondary N) is 1. The highest BCUT2D eigenvalue weighted by molar-refractivity contribution is 4.98. The molecule has 112 valence electrons. The first-order valence-corrected chi connectivity index (χ1v) is 8.57. The lowest BCUT2D eigenvalue weighted by Crippen LogP contribution is -2.55. The van der Waals surface area contributed by atoms with Crippen LogP contribution in [0.25, 0.3) is 0 Å². The summed E-state index contributed by atoms with van der Waals surface area (Å²) in [5.74, 6) is 1.78. The zero-order chi connectivity index (χ0) is 13.7. The van der Waals surface area contributed by atoms with Crippen LogP contribution in [0.15, 0.2) is 0 Å². The molecule has 0 heterocycles. The predicted octanol–water partition coefficient (Wildman–Crippen LogP) is 4.14. The van der Waals surface area contributed by atoms with Crippen molar-refractivity contribution in [1.29, 1.82) is 0 Å². The Morgan fingerprint density at radius 3 is 2.53 bits per heavy atom. The van der Waals surface area contributed by atoms with Crippen molar-refractivity contribution in [2.45, 2.75) is 83.8 Å². The second-order valence-corrected chi connectivity index (χ2v) is 6.84. The minimum absolute atomic E-state index is 0.123. The van der Waals surface area contributed by atoms with Crippen molar-refractivity contribution in [2.24, 2.45) is 11.8 Å². The summed E-state index contributed by atoms with van der Waals surface area (Å²) in [6.07, 6.45) is 10.9. The molecule has 2 nitrogen and oxygen atoms in total. The molecule has 0 aromatic rings. The second-order valence-electron chi connectivity index (χ2n) is 6.84. The van der Waals surface area contributed by atoms with E-state index in [1.165, 1.54) is 51.4 Å². The van der Waals surface area contributed by atoms with Gasteiger partial charge in [0.15, 0.2) is 0 Å².